The lowest BCUT2D eigenvalue weighted by Crippen LogP contribution is -2.12. The van der Waals surface area contributed by atoms with Crippen molar-refractivity contribution in [3.63, 3.8) is 0 Å². The zero-order chi connectivity index (χ0) is 35.2. The molecule has 4 rings (SSSR count). The molecule has 2 unspecified atom stereocenters. The second kappa shape index (κ2) is 23.0. The van der Waals surface area contributed by atoms with Crippen LogP contribution in [0.1, 0.15) is 130 Å². The molecule has 0 N–H and O–H groups in total. The molecule has 2 atom stereocenters. The Labute approximate surface area is 306 Å². The number of hydrogen-bond donors (Lipinski definition) is 0. The van der Waals surface area contributed by atoms with E-state index in [1.54, 1.807) is 0 Å². The SMILES string of the molecule is CCCCCCC(CCCC)COc1ccc(-c2ccccc2-c2ccc(OCC(CCCC)CCCCCC)cc2-c2ccccc2)cc1. The van der Waals surface area contributed by atoms with E-state index in [2.05, 4.69) is 125 Å². The van der Waals surface area contributed by atoms with Gasteiger partial charge < -0.3 is 9.47 Å². The summed E-state index contributed by atoms with van der Waals surface area (Å²) in [6.45, 7) is 10.8. The van der Waals surface area contributed by atoms with Crippen molar-refractivity contribution in [2.75, 3.05) is 13.2 Å². The molecule has 0 aliphatic carbocycles. The molecular weight excluding hydrogens is 609 g/mol. The summed E-state index contributed by atoms with van der Waals surface area (Å²) in [6, 6.07) is 35.1. The number of rotatable bonds is 25. The Morgan fingerprint density at radius 1 is 0.380 bits per heavy atom. The van der Waals surface area contributed by atoms with Gasteiger partial charge in [-0.05, 0) is 95.2 Å². The highest BCUT2D eigenvalue weighted by Gasteiger charge is 2.16. The van der Waals surface area contributed by atoms with Gasteiger partial charge >= 0.3 is 0 Å². The lowest BCUT2D eigenvalue weighted by atomic mass is 9.89. The van der Waals surface area contributed by atoms with Gasteiger partial charge in [-0.15, -0.1) is 0 Å². The van der Waals surface area contributed by atoms with Crippen LogP contribution in [0.3, 0.4) is 0 Å². The Morgan fingerprint density at radius 3 is 1.42 bits per heavy atom. The summed E-state index contributed by atoms with van der Waals surface area (Å²) < 4.78 is 13.0. The Morgan fingerprint density at radius 2 is 0.840 bits per heavy atom. The first-order valence-corrected chi connectivity index (χ1v) is 20.3. The molecule has 50 heavy (non-hydrogen) atoms. The lowest BCUT2D eigenvalue weighted by Gasteiger charge is -2.20. The predicted octanol–water partition coefficient (Wildman–Crippen LogP) is 15.0. The Bertz CT molecular complexity index is 1460. The standard InChI is InChI=1S/C48H66O2/c1-5-9-13-16-24-39(22-11-7-3)37-49-43-32-30-42(31-33-43)45-28-20-21-29-46(45)47-35-34-44(36-48(47)41-26-18-15-19-27-41)50-38-40(23-12-8-4)25-17-14-10-6-2/h15,18-21,26-36,39-40H,5-14,16-17,22-25,37-38H2,1-4H3. The molecule has 2 nitrogen and oxygen atoms in total. The average molecular weight is 675 g/mol. The van der Waals surface area contributed by atoms with Gasteiger partial charge in [-0.25, -0.2) is 0 Å². The van der Waals surface area contributed by atoms with Crippen LogP contribution >= 0.6 is 0 Å². The van der Waals surface area contributed by atoms with Gasteiger partial charge in [0.05, 0.1) is 13.2 Å². The maximum Gasteiger partial charge on any atom is 0.119 e. The third-order valence-electron chi connectivity index (χ3n) is 10.3. The first kappa shape index (κ1) is 39.3. The Hall–Kier alpha value is -3.52. The van der Waals surface area contributed by atoms with E-state index < -0.39 is 0 Å². The monoisotopic (exact) mass is 675 g/mol. The largest absolute Gasteiger partial charge is 0.493 e. The summed E-state index contributed by atoms with van der Waals surface area (Å²) in [4.78, 5) is 0. The van der Waals surface area contributed by atoms with Crippen molar-refractivity contribution in [1.29, 1.82) is 0 Å². The quantitative estimate of drug-likeness (QED) is 0.0651. The normalized spacial score (nSPS) is 12.5. The minimum absolute atomic E-state index is 0.618. The molecule has 0 spiro atoms. The fraction of sp³-hybridized carbons (Fsp3) is 0.500. The first-order valence-electron chi connectivity index (χ1n) is 20.3. The van der Waals surface area contributed by atoms with E-state index in [1.165, 1.54) is 136 Å². The van der Waals surface area contributed by atoms with Crippen LogP contribution in [-0.4, -0.2) is 13.2 Å². The molecule has 4 aromatic rings. The zero-order valence-electron chi connectivity index (χ0n) is 31.9. The maximum absolute atomic E-state index is 6.58. The molecule has 2 heteroatoms. The highest BCUT2D eigenvalue weighted by atomic mass is 16.5. The van der Waals surface area contributed by atoms with Crippen molar-refractivity contribution in [3.05, 3.63) is 97.1 Å². The van der Waals surface area contributed by atoms with Gasteiger partial charge in [0.25, 0.3) is 0 Å². The summed E-state index contributed by atoms with van der Waals surface area (Å²) in [5.74, 6) is 3.19. The second-order valence-corrected chi connectivity index (χ2v) is 14.5. The molecule has 0 fully saturated rings. The van der Waals surface area contributed by atoms with Crippen molar-refractivity contribution >= 4 is 0 Å². The van der Waals surface area contributed by atoms with Crippen molar-refractivity contribution in [3.8, 4) is 44.9 Å². The van der Waals surface area contributed by atoms with E-state index in [4.69, 9.17) is 9.47 Å². The van der Waals surface area contributed by atoms with E-state index in [1.807, 2.05) is 0 Å². The van der Waals surface area contributed by atoms with Crippen LogP contribution in [-0.2, 0) is 0 Å². The minimum Gasteiger partial charge on any atom is -0.493 e. The summed E-state index contributed by atoms with van der Waals surface area (Å²) in [7, 11) is 0. The van der Waals surface area contributed by atoms with Crippen LogP contribution in [0.25, 0.3) is 33.4 Å². The third-order valence-corrected chi connectivity index (χ3v) is 10.3. The van der Waals surface area contributed by atoms with Crippen molar-refractivity contribution < 1.29 is 9.47 Å². The highest BCUT2D eigenvalue weighted by molar-refractivity contribution is 5.92. The molecule has 4 aromatic carbocycles. The minimum atomic E-state index is 0.618. The highest BCUT2D eigenvalue weighted by Crippen LogP contribution is 2.40. The fourth-order valence-electron chi connectivity index (χ4n) is 7.16. The lowest BCUT2D eigenvalue weighted by molar-refractivity contribution is 0.225. The van der Waals surface area contributed by atoms with Crippen LogP contribution in [0, 0.1) is 11.8 Å². The van der Waals surface area contributed by atoms with Gasteiger partial charge in [0.1, 0.15) is 11.5 Å². The van der Waals surface area contributed by atoms with Crippen molar-refractivity contribution in [2.45, 2.75) is 130 Å². The van der Waals surface area contributed by atoms with E-state index in [0.717, 1.165) is 24.7 Å². The molecule has 0 aliphatic rings. The molecular formula is C48H66O2. The maximum atomic E-state index is 6.58. The molecule has 0 bridgehead atoms. The van der Waals surface area contributed by atoms with Gasteiger partial charge in [0.2, 0.25) is 0 Å². The van der Waals surface area contributed by atoms with E-state index >= 15 is 0 Å². The van der Waals surface area contributed by atoms with Gasteiger partial charge in [0.15, 0.2) is 0 Å². The van der Waals surface area contributed by atoms with Crippen LogP contribution in [0.5, 0.6) is 11.5 Å². The Balaban J connectivity index is 1.53. The van der Waals surface area contributed by atoms with E-state index in [0.29, 0.717) is 11.8 Å². The summed E-state index contributed by atoms with van der Waals surface area (Å²) >= 11 is 0. The van der Waals surface area contributed by atoms with Crippen LogP contribution in [0.4, 0.5) is 0 Å². The molecule has 0 amide bonds. The van der Waals surface area contributed by atoms with Crippen molar-refractivity contribution in [2.24, 2.45) is 11.8 Å². The van der Waals surface area contributed by atoms with Gasteiger partial charge in [-0.1, -0.05) is 178 Å². The number of ether oxygens (including phenoxy) is 2. The Kier molecular flexibility index (Phi) is 18.1. The molecule has 0 aliphatic heterocycles. The zero-order valence-corrected chi connectivity index (χ0v) is 31.9. The molecule has 0 saturated heterocycles. The third kappa shape index (κ3) is 13.0. The van der Waals surface area contributed by atoms with Gasteiger partial charge in [0, 0.05) is 0 Å². The number of unbranched alkanes of at least 4 members (excludes halogenated alkanes) is 8. The molecule has 0 radical (unpaired) electrons. The smallest absolute Gasteiger partial charge is 0.119 e. The van der Waals surface area contributed by atoms with Crippen LogP contribution in [0.15, 0.2) is 97.1 Å². The number of benzene rings is 4. The first-order chi connectivity index (χ1) is 24.7. The van der Waals surface area contributed by atoms with Crippen LogP contribution < -0.4 is 9.47 Å². The van der Waals surface area contributed by atoms with Gasteiger partial charge in [-0.2, -0.15) is 0 Å². The predicted molar refractivity (Wildman–Crippen MR) is 217 cm³/mol. The molecule has 0 heterocycles. The average Bonchev–Trinajstić information content (AvgIpc) is 3.17. The molecule has 270 valence electrons. The molecule has 0 aromatic heterocycles. The second-order valence-electron chi connectivity index (χ2n) is 14.5. The van der Waals surface area contributed by atoms with E-state index in [-0.39, 0.29) is 0 Å². The summed E-state index contributed by atoms with van der Waals surface area (Å²) in [6.07, 6.45) is 20.7. The van der Waals surface area contributed by atoms with Crippen LogP contribution in [0.2, 0.25) is 0 Å². The number of hydrogen-bond acceptors (Lipinski definition) is 2. The fourth-order valence-corrected chi connectivity index (χ4v) is 7.16. The summed E-state index contributed by atoms with van der Waals surface area (Å²) in [5.41, 5.74) is 7.31. The van der Waals surface area contributed by atoms with Gasteiger partial charge in [-0.3, -0.25) is 0 Å². The molecule has 0 saturated carbocycles. The summed E-state index contributed by atoms with van der Waals surface area (Å²) in [5, 5.41) is 0. The topological polar surface area (TPSA) is 18.5 Å². The van der Waals surface area contributed by atoms with Crippen molar-refractivity contribution in [1.82, 2.24) is 0 Å². The van der Waals surface area contributed by atoms with E-state index in [9.17, 15) is 0 Å².